The molecule has 4 aromatic rings. The molecule has 2 amide bonds. The zero-order chi connectivity index (χ0) is 33.4. The Morgan fingerprint density at radius 2 is 1.46 bits per heavy atom. The van der Waals surface area contributed by atoms with Gasteiger partial charge in [-0.05, 0) is 60.4 Å². The first-order valence-corrected chi connectivity index (χ1v) is 17.3. The molecule has 0 fully saturated rings. The Bertz CT molecular complexity index is 1770. The van der Waals surface area contributed by atoms with Gasteiger partial charge in [0.2, 0.25) is 11.8 Å². The van der Waals surface area contributed by atoms with Crippen LogP contribution in [0, 0.1) is 12.8 Å². The molecule has 0 aliphatic carbocycles. The number of halogens is 3. The molecule has 11 heteroatoms. The number of nitrogens with one attached hydrogen (secondary N) is 1. The molecule has 0 unspecified atom stereocenters. The Morgan fingerprint density at radius 3 is 2.09 bits per heavy atom. The van der Waals surface area contributed by atoms with Gasteiger partial charge in [-0.25, -0.2) is 8.42 Å². The maximum Gasteiger partial charge on any atom is 0.264 e. The van der Waals surface area contributed by atoms with Gasteiger partial charge in [0, 0.05) is 24.5 Å². The van der Waals surface area contributed by atoms with Gasteiger partial charge in [-0.1, -0.05) is 115 Å². The summed E-state index contributed by atoms with van der Waals surface area (Å²) in [6, 6.07) is 26.1. The van der Waals surface area contributed by atoms with Crippen molar-refractivity contribution in [2.24, 2.45) is 5.92 Å². The number of hydrogen-bond donors (Lipinski definition) is 1. The van der Waals surface area contributed by atoms with Crippen molar-refractivity contribution in [3.05, 3.63) is 129 Å². The molecule has 0 saturated heterocycles. The number of carbonyl (C=O) groups excluding carboxylic acids is 2. The molecule has 4 rings (SSSR count). The fourth-order valence-corrected chi connectivity index (χ4v) is 6.69. The molecule has 0 aliphatic rings. The summed E-state index contributed by atoms with van der Waals surface area (Å²) in [5.74, 6) is -0.804. The van der Waals surface area contributed by atoms with Crippen molar-refractivity contribution in [3.63, 3.8) is 0 Å². The number of sulfonamides is 1. The topological polar surface area (TPSA) is 86.8 Å². The quantitative estimate of drug-likeness (QED) is 0.156. The lowest BCUT2D eigenvalue weighted by Crippen LogP contribution is -2.53. The Kier molecular flexibility index (Phi) is 12.1. The highest BCUT2D eigenvalue weighted by Gasteiger charge is 2.35. The van der Waals surface area contributed by atoms with Crippen LogP contribution in [0.15, 0.2) is 102 Å². The van der Waals surface area contributed by atoms with Crippen molar-refractivity contribution in [1.29, 1.82) is 0 Å². The molecule has 0 spiro atoms. The predicted octanol–water partition coefficient (Wildman–Crippen LogP) is 7.56. The van der Waals surface area contributed by atoms with Crippen LogP contribution in [0.5, 0.6) is 0 Å². The molecule has 242 valence electrons. The van der Waals surface area contributed by atoms with E-state index in [4.69, 9.17) is 34.8 Å². The van der Waals surface area contributed by atoms with Crippen LogP contribution in [0.2, 0.25) is 15.1 Å². The van der Waals surface area contributed by atoms with E-state index in [1.807, 2.05) is 51.1 Å². The molecule has 0 heterocycles. The van der Waals surface area contributed by atoms with Crippen LogP contribution in [-0.4, -0.2) is 44.3 Å². The minimum atomic E-state index is -4.28. The summed E-state index contributed by atoms with van der Waals surface area (Å²) in [7, 11) is -4.28. The Morgan fingerprint density at radius 1 is 0.804 bits per heavy atom. The molecular formula is C35H36Cl3N3O4S. The van der Waals surface area contributed by atoms with Crippen LogP contribution in [0.4, 0.5) is 5.69 Å². The molecule has 0 saturated carbocycles. The van der Waals surface area contributed by atoms with Gasteiger partial charge in [0.25, 0.3) is 10.0 Å². The lowest BCUT2D eigenvalue weighted by Gasteiger charge is -2.34. The van der Waals surface area contributed by atoms with Crippen LogP contribution in [-0.2, 0) is 32.6 Å². The fourth-order valence-electron chi connectivity index (χ4n) is 4.79. The second kappa shape index (κ2) is 15.8. The Hall–Kier alpha value is -3.56. The number of aryl methyl sites for hydroxylation is 1. The molecular weight excluding hydrogens is 665 g/mol. The smallest absolute Gasteiger partial charge is 0.264 e. The van der Waals surface area contributed by atoms with E-state index in [1.165, 1.54) is 35.2 Å². The van der Waals surface area contributed by atoms with Crippen molar-refractivity contribution < 1.29 is 18.0 Å². The van der Waals surface area contributed by atoms with Crippen molar-refractivity contribution >= 4 is 62.3 Å². The van der Waals surface area contributed by atoms with E-state index in [1.54, 1.807) is 36.4 Å². The van der Waals surface area contributed by atoms with E-state index < -0.39 is 28.5 Å². The minimum absolute atomic E-state index is 0.00913. The lowest BCUT2D eigenvalue weighted by atomic mass is 10.0. The van der Waals surface area contributed by atoms with Gasteiger partial charge in [0.05, 0.1) is 20.6 Å². The second-order valence-electron chi connectivity index (χ2n) is 11.4. The van der Waals surface area contributed by atoms with Crippen molar-refractivity contribution in [1.82, 2.24) is 10.2 Å². The van der Waals surface area contributed by atoms with Gasteiger partial charge in [-0.3, -0.25) is 13.9 Å². The van der Waals surface area contributed by atoms with Crippen molar-refractivity contribution in [2.75, 3.05) is 17.4 Å². The van der Waals surface area contributed by atoms with E-state index in [-0.39, 0.29) is 45.4 Å². The zero-order valence-corrected chi connectivity index (χ0v) is 28.9. The maximum atomic E-state index is 14.5. The summed E-state index contributed by atoms with van der Waals surface area (Å²) in [5.41, 5.74) is 2.45. The van der Waals surface area contributed by atoms with Gasteiger partial charge >= 0.3 is 0 Å². The minimum Gasteiger partial charge on any atom is -0.354 e. The highest BCUT2D eigenvalue weighted by molar-refractivity contribution is 7.92. The third-order valence-corrected chi connectivity index (χ3v) is 10.2. The van der Waals surface area contributed by atoms with E-state index in [0.717, 1.165) is 15.4 Å². The zero-order valence-electron chi connectivity index (χ0n) is 25.8. The summed E-state index contributed by atoms with van der Waals surface area (Å²) in [6.07, 6.45) is 0.193. The number of nitrogens with zero attached hydrogens (tertiary/aromatic N) is 2. The number of rotatable bonds is 13. The summed E-state index contributed by atoms with van der Waals surface area (Å²) in [4.78, 5) is 29.8. The standard InChI is InChI=1S/C35H36Cl3N3O4S/c1-24(2)21-39-35(43)33(19-26-9-5-4-6-10-26)40(22-27-11-7-8-12-30(27)36)34(42)23-41(28-15-18-31(37)32(38)20-28)46(44,45)29-16-13-25(3)14-17-29/h4-18,20,24,33H,19,21-23H2,1-3H3,(H,39,43)/t33-/m0/s1. The largest absolute Gasteiger partial charge is 0.354 e. The Labute approximate surface area is 286 Å². The normalized spacial score (nSPS) is 12.1. The molecule has 0 bridgehead atoms. The molecule has 4 aromatic carbocycles. The molecule has 7 nitrogen and oxygen atoms in total. The van der Waals surface area contributed by atoms with Gasteiger partial charge in [-0.2, -0.15) is 0 Å². The third-order valence-electron chi connectivity index (χ3n) is 7.33. The molecule has 0 radical (unpaired) electrons. The van der Waals surface area contributed by atoms with Gasteiger partial charge in [-0.15, -0.1) is 0 Å². The van der Waals surface area contributed by atoms with Gasteiger partial charge in [0.1, 0.15) is 12.6 Å². The molecule has 1 atom stereocenters. The van der Waals surface area contributed by atoms with E-state index in [9.17, 15) is 18.0 Å². The summed E-state index contributed by atoms with van der Waals surface area (Å²) < 4.78 is 29.3. The average Bonchev–Trinajstić information content (AvgIpc) is 3.03. The highest BCUT2D eigenvalue weighted by atomic mass is 35.5. The third kappa shape index (κ3) is 9.04. The first-order valence-electron chi connectivity index (χ1n) is 14.8. The van der Waals surface area contributed by atoms with Gasteiger partial charge in [0.15, 0.2) is 0 Å². The number of benzene rings is 4. The predicted molar refractivity (Wildman–Crippen MR) is 186 cm³/mol. The van der Waals surface area contributed by atoms with Gasteiger partial charge < -0.3 is 10.2 Å². The summed E-state index contributed by atoms with van der Waals surface area (Å²) >= 11 is 19.0. The number of carbonyl (C=O) groups is 2. The van der Waals surface area contributed by atoms with E-state index >= 15 is 0 Å². The van der Waals surface area contributed by atoms with Crippen LogP contribution in [0.3, 0.4) is 0 Å². The SMILES string of the molecule is Cc1ccc(S(=O)(=O)N(CC(=O)N(Cc2ccccc2Cl)[C@@H](Cc2ccccc2)C(=O)NCC(C)C)c2ccc(Cl)c(Cl)c2)cc1. The van der Waals surface area contributed by atoms with Crippen LogP contribution in [0.1, 0.15) is 30.5 Å². The van der Waals surface area contributed by atoms with Crippen LogP contribution < -0.4 is 9.62 Å². The fraction of sp³-hybridized carbons (Fsp3) is 0.257. The number of anilines is 1. The first-order chi connectivity index (χ1) is 21.9. The van der Waals surface area contributed by atoms with Crippen LogP contribution >= 0.6 is 34.8 Å². The molecule has 46 heavy (non-hydrogen) atoms. The monoisotopic (exact) mass is 699 g/mol. The lowest BCUT2D eigenvalue weighted by molar-refractivity contribution is -0.140. The summed E-state index contributed by atoms with van der Waals surface area (Å²) in [6.45, 7) is 5.54. The van der Waals surface area contributed by atoms with E-state index in [2.05, 4.69) is 5.32 Å². The van der Waals surface area contributed by atoms with Crippen molar-refractivity contribution in [3.8, 4) is 0 Å². The van der Waals surface area contributed by atoms with Crippen LogP contribution in [0.25, 0.3) is 0 Å². The maximum absolute atomic E-state index is 14.5. The summed E-state index contributed by atoms with van der Waals surface area (Å²) in [5, 5.41) is 3.74. The Balaban J connectivity index is 1.82. The van der Waals surface area contributed by atoms with E-state index in [0.29, 0.717) is 17.1 Å². The first kappa shape index (κ1) is 35.3. The average molecular weight is 701 g/mol. The number of amides is 2. The molecule has 0 aromatic heterocycles. The second-order valence-corrected chi connectivity index (χ2v) is 14.5. The molecule has 0 aliphatic heterocycles. The number of hydrogen-bond acceptors (Lipinski definition) is 4. The highest BCUT2D eigenvalue weighted by Crippen LogP contribution is 2.31. The van der Waals surface area contributed by atoms with Crippen molar-refractivity contribution in [2.45, 2.75) is 44.7 Å². The molecule has 1 N–H and O–H groups in total.